The van der Waals surface area contributed by atoms with Crippen molar-refractivity contribution in [2.24, 2.45) is 0 Å². The fourth-order valence-electron chi connectivity index (χ4n) is 2.82. The highest BCUT2D eigenvalue weighted by molar-refractivity contribution is 6.30. The van der Waals surface area contributed by atoms with Crippen LogP contribution in [-0.4, -0.2) is 23.4 Å². The van der Waals surface area contributed by atoms with E-state index in [-0.39, 0.29) is 6.54 Å². The molecule has 0 aliphatic rings. The highest BCUT2D eigenvalue weighted by Gasteiger charge is 2.17. The average molecular weight is 373 g/mol. The number of hydrogen-bond acceptors (Lipinski definition) is 4. The maximum Gasteiger partial charge on any atom is 0.336 e. The Morgan fingerprint density at radius 2 is 1.69 bits per heavy atom. The summed E-state index contributed by atoms with van der Waals surface area (Å²) >= 11 is 5.91. The summed E-state index contributed by atoms with van der Waals surface area (Å²) in [5.41, 5.74) is -0.0489. The number of allylic oxidation sites excluding steroid dienone is 1. The maximum atomic E-state index is 13.1. The number of ether oxygens (including phenoxy) is 2. The van der Waals surface area contributed by atoms with Crippen LogP contribution in [0, 0.1) is 0 Å². The Morgan fingerprint density at radius 3 is 2.27 bits per heavy atom. The average Bonchev–Trinajstić information content (AvgIpc) is 2.65. The zero-order valence-corrected chi connectivity index (χ0v) is 15.1. The Morgan fingerprint density at radius 1 is 1.08 bits per heavy atom. The van der Waals surface area contributed by atoms with Crippen molar-refractivity contribution in [1.29, 1.82) is 0 Å². The summed E-state index contributed by atoms with van der Waals surface area (Å²) in [6.07, 6.45) is 1.59. The first-order valence-electron chi connectivity index (χ1n) is 7.80. The summed E-state index contributed by atoms with van der Waals surface area (Å²) in [5.74, 6) is 0.837. The molecule has 3 aromatic rings. The number of benzene rings is 2. The van der Waals surface area contributed by atoms with Crippen LogP contribution in [-0.2, 0) is 6.54 Å². The fourth-order valence-corrected chi connectivity index (χ4v) is 2.94. The van der Waals surface area contributed by atoms with E-state index in [0.29, 0.717) is 33.1 Å². The van der Waals surface area contributed by atoms with Gasteiger partial charge in [0.15, 0.2) is 11.5 Å². The number of halogens is 1. The largest absolute Gasteiger partial charge is 0.493 e. The first-order chi connectivity index (χ1) is 12.5. The summed E-state index contributed by atoms with van der Waals surface area (Å²) in [4.78, 5) is 26.1. The lowest BCUT2D eigenvalue weighted by molar-refractivity contribution is 0.355. The lowest BCUT2D eigenvalue weighted by Crippen LogP contribution is -2.38. The maximum absolute atomic E-state index is 13.1. The Bertz CT molecular complexity index is 1100. The molecule has 0 N–H and O–H groups in total. The molecule has 1 aromatic heterocycles. The van der Waals surface area contributed by atoms with Gasteiger partial charge in [-0.05, 0) is 30.3 Å². The summed E-state index contributed by atoms with van der Waals surface area (Å²) in [7, 11) is 2.98. The molecule has 3 rings (SSSR count). The first-order valence-corrected chi connectivity index (χ1v) is 8.18. The molecule has 0 spiro atoms. The molecular formula is C19H17ClN2O4. The molecule has 0 radical (unpaired) electrons. The van der Waals surface area contributed by atoms with E-state index >= 15 is 0 Å². The fraction of sp³-hybridized carbons (Fsp3) is 0.158. The first kappa shape index (κ1) is 17.8. The Balaban J connectivity index is 2.47. The van der Waals surface area contributed by atoms with Gasteiger partial charge in [-0.2, -0.15) is 0 Å². The molecule has 0 bridgehead atoms. The lowest BCUT2D eigenvalue weighted by atomic mass is 10.2. The van der Waals surface area contributed by atoms with Gasteiger partial charge in [0.1, 0.15) is 0 Å². The SMILES string of the molecule is C=CCn1c(=O)n(-c2ccc(Cl)cc2)c(=O)c2cc(OC)c(OC)cc21. The van der Waals surface area contributed by atoms with E-state index in [0.717, 1.165) is 4.57 Å². The number of hydrogen-bond donors (Lipinski definition) is 0. The van der Waals surface area contributed by atoms with Gasteiger partial charge >= 0.3 is 5.69 Å². The van der Waals surface area contributed by atoms with Crippen LogP contribution in [0.2, 0.25) is 5.02 Å². The highest BCUT2D eigenvalue weighted by Crippen LogP contribution is 2.30. The topological polar surface area (TPSA) is 62.5 Å². The smallest absolute Gasteiger partial charge is 0.336 e. The van der Waals surface area contributed by atoms with Crippen LogP contribution in [0.5, 0.6) is 11.5 Å². The van der Waals surface area contributed by atoms with Gasteiger partial charge in [0.25, 0.3) is 5.56 Å². The van der Waals surface area contributed by atoms with Crippen LogP contribution < -0.4 is 20.7 Å². The molecule has 0 fully saturated rings. The number of nitrogens with zero attached hydrogens (tertiary/aromatic N) is 2. The molecule has 26 heavy (non-hydrogen) atoms. The summed E-state index contributed by atoms with van der Waals surface area (Å²) < 4.78 is 13.2. The van der Waals surface area contributed by atoms with E-state index in [1.807, 2.05) is 0 Å². The second kappa shape index (κ2) is 7.09. The molecule has 0 unspecified atom stereocenters. The van der Waals surface area contributed by atoms with Gasteiger partial charge in [-0.1, -0.05) is 17.7 Å². The van der Waals surface area contributed by atoms with E-state index in [1.165, 1.54) is 18.8 Å². The zero-order chi connectivity index (χ0) is 18.8. The van der Waals surface area contributed by atoms with Crippen molar-refractivity contribution in [3.05, 3.63) is 74.9 Å². The quantitative estimate of drug-likeness (QED) is 0.646. The van der Waals surface area contributed by atoms with Crippen molar-refractivity contribution in [2.45, 2.75) is 6.54 Å². The molecule has 0 saturated carbocycles. The molecule has 7 heteroatoms. The van der Waals surface area contributed by atoms with Gasteiger partial charge in [0.05, 0.1) is 30.8 Å². The third kappa shape index (κ3) is 2.88. The second-order valence-corrected chi connectivity index (χ2v) is 5.96. The summed E-state index contributed by atoms with van der Waals surface area (Å²) in [5, 5.41) is 0.847. The van der Waals surface area contributed by atoms with Gasteiger partial charge in [-0.15, -0.1) is 6.58 Å². The van der Waals surface area contributed by atoms with Crippen molar-refractivity contribution in [2.75, 3.05) is 14.2 Å². The molecule has 2 aromatic carbocycles. The molecule has 134 valence electrons. The van der Waals surface area contributed by atoms with Crippen molar-refractivity contribution >= 4 is 22.5 Å². The van der Waals surface area contributed by atoms with Crippen molar-refractivity contribution in [3.8, 4) is 17.2 Å². The third-order valence-electron chi connectivity index (χ3n) is 4.04. The molecule has 0 aliphatic carbocycles. The number of methoxy groups -OCH3 is 2. The predicted octanol–water partition coefficient (Wildman–Crippen LogP) is 3.01. The second-order valence-electron chi connectivity index (χ2n) is 5.52. The van der Waals surface area contributed by atoms with Crippen LogP contribution in [0.4, 0.5) is 0 Å². The standard InChI is InChI=1S/C19H17ClN2O4/c1-4-9-21-15-11-17(26-3)16(25-2)10-14(15)18(23)22(19(21)24)13-7-5-12(20)6-8-13/h4-8,10-11H,1,9H2,2-3H3. The molecule has 0 atom stereocenters. The Hall–Kier alpha value is -2.99. The van der Waals surface area contributed by atoms with Crippen LogP contribution in [0.15, 0.2) is 58.6 Å². The molecule has 0 saturated heterocycles. The lowest BCUT2D eigenvalue weighted by Gasteiger charge is -2.15. The van der Waals surface area contributed by atoms with E-state index in [1.54, 1.807) is 42.5 Å². The summed E-state index contributed by atoms with van der Waals surface area (Å²) in [6, 6.07) is 9.68. The van der Waals surface area contributed by atoms with Crippen molar-refractivity contribution < 1.29 is 9.47 Å². The monoisotopic (exact) mass is 372 g/mol. The van der Waals surface area contributed by atoms with E-state index in [4.69, 9.17) is 21.1 Å². The van der Waals surface area contributed by atoms with Crippen LogP contribution >= 0.6 is 11.6 Å². The minimum absolute atomic E-state index is 0.235. The predicted molar refractivity (Wildman–Crippen MR) is 102 cm³/mol. The minimum Gasteiger partial charge on any atom is -0.493 e. The molecular weight excluding hydrogens is 356 g/mol. The number of rotatable bonds is 5. The number of fused-ring (bicyclic) bond motifs is 1. The van der Waals surface area contributed by atoms with Crippen LogP contribution in [0.1, 0.15) is 0 Å². The number of aromatic nitrogens is 2. The van der Waals surface area contributed by atoms with Crippen LogP contribution in [0.25, 0.3) is 16.6 Å². The third-order valence-corrected chi connectivity index (χ3v) is 4.30. The van der Waals surface area contributed by atoms with Gasteiger partial charge in [-0.25, -0.2) is 9.36 Å². The zero-order valence-electron chi connectivity index (χ0n) is 14.4. The van der Waals surface area contributed by atoms with Crippen molar-refractivity contribution in [1.82, 2.24) is 9.13 Å². The molecule has 1 heterocycles. The Kier molecular flexibility index (Phi) is 4.86. The van der Waals surface area contributed by atoms with E-state index < -0.39 is 11.2 Å². The molecule has 0 amide bonds. The highest BCUT2D eigenvalue weighted by atomic mass is 35.5. The van der Waals surface area contributed by atoms with E-state index in [9.17, 15) is 9.59 Å². The van der Waals surface area contributed by atoms with Gasteiger partial charge in [0, 0.05) is 17.6 Å². The normalized spacial score (nSPS) is 10.7. The van der Waals surface area contributed by atoms with Crippen LogP contribution in [0.3, 0.4) is 0 Å². The summed E-state index contributed by atoms with van der Waals surface area (Å²) in [6.45, 7) is 3.93. The van der Waals surface area contributed by atoms with Crippen molar-refractivity contribution in [3.63, 3.8) is 0 Å². The van der Waals surface area contributed by atoms with Gasteiger partial charge in [0.2, 0.25) is 0 Å². The molecule has 6 nitrogen and oxygen atoms in total. The van der Waals surface area contributed by atoms with Gasteiger partial charge in [-0.3, -0.25) is 9.36 Å². The molecule has 0 aliphatic heterocycles. The minimum atomic E-state index is -0.475. The van der Waals surface area contributed by atoms with E-state index in [2.05, 4.69) is 6.58 Å². The van der Waals surface area contributed by atoms with Gasteiger partial charge < -0.3 is 9.47 Å². The Labute approximate surface area is 154 Å².